The molecule has 30 unspecified atom stereocenters. The molecule has 30 atom stereocenters. The molecule has 0 radical (unpaired) electrons. The molecule has 4 saturated carbocycles. The van der Waals surface area contributed by atoms with Crippen molar-refractivity contribution in [3.05, 3.63) is 12.2 Å². The van der Waals surface area contributed by atoms with Crippen LogP contribution in [0.5, 0.6) is 0 Å². The summed E-state index contributed by atoms with van der Waals surface area (Å²) in [5.41, 5.74) is -4.84. The van der Waals surface area contributed by atoms with Gasteiger partial charge >= 0.3 is 0 Å². The van der Waals surface area contributed by atoms with Crippen LogP contribution in [-0.2, 0) is 37.9 Å². The van der Waals surface area contributed by atoms with Crippen LogP contribution >= 0.6 is 0 Å². The number of aliphatic hydroxyl groups excluding tert-OH is 15. The molecule has 446 valence electrons. The topological polar surface area (TPSA) is 398 Å². The predicted molar refractivity (Wildman–Crippen MR) is 263 cm³/mol. The van der Waals surface area contributed by atoms with Crippen LogP contribution in [0.15, 0.2) is 12.2 Å². The van der Waals surface area contributed by atoms with Crippen molar-refractivity contribution in [1.82, 2.24) is 0 Å². The number of rotatable bonds is 15. The fourth-order valence-corrected chi connectivity index (χ4v) is 16.0. The minimum absolute atomic E-state index is 0.124. The molecule has 4 heterocycles. The van der Waals surface area contributed by atoms with Gasteiger partial charge in [-0.1, -0.05) is 46.8 Å². The Morgan fingerprint density at radius 2 is 1.13 bits per heavy atom. The quantitative estimate of drug-likeness (QED) is 0.0556. The molecule has 77 heavy (non-hydrogen) atoms. The van der Waals surface area contributed by atoms with E-state index >= 15 is 0 Å². The highest BCUT2D eigenvalue weighted by Gasteiger charge is 2.73. The molecule has 4 aliphatic carbocycles. The van der Waals surface area contributed by atoms with E-state index in [9.17, 15) is 81.7 Å². The summed E-state index contributed by atoms with van der Waals surface area (Å²) < 4.78 is 47.8. The molecule has 4 saturated heterocycles. The summed E-state index contributed by atoms with van der Waals surface area (Å²) in [5.74, 6) is -1.07. The molecule has 0 amide bonds. The first-order valence-electron chi connectivity index (χ1n) is 27.4. The van der Waals surface area contributed by atoms with Gasteiger partial charge in [0, 0.05) is 0 Å². The number of hydrogen-bond acceptors (Lipinski definition) is 24. The van der Waals surface area contributed by atoms with Gasteiger partial charge in [0.2, 0.25) is 0 Å². The van der Waals surface area contributed by atoms with Gasteiger partial charge < -0.3 is 120 Å². The van der Waals surface area contributed by atoms with Crippen LogP contribution in [0.1, 0.15) is 100 Å². The van der Waals surface area contributed by atoms with Gasteiger partial charge in [-0.25, -0.2) is 0 Å². The lowest BCUT2D eigenvalue weighted by atomic mass is 9.35. The zero-order chi connectivity index (χ0) is 56.9. The Kier molecular flexibility index (Phi) is 18.3. The summed E-state index contributed by atoms with van der Waals surface area (Å²) in [6, 6.07) is 0. The maximum Gasteiger partial charge on any atom is 0.187 e. The Morgan fingerprint density at radius 3 is 1.77 bits per heavy atom. The molecule has 16 N–H and O–H groups in total. The van der Waals surface area contributed by atoms with E-state index in [0.717, 1.165) is 0 Å². The molecule has 8 aliphatic rings. The van der Waals surface area contributed by atoms with Gasteiger partial charge in [0.25, 0.3) is 0 Å². The van der Waals surface area contributed by atoms with Gasteiger partial charge in [-0.2, -0.15) is 0 Å². The lowest BCUT2D eigenvalue weighted by molar-refractivity contribution is -0.373. The Morgan fingerprint density at radius 1 is 0.571 bits per heavy atom. The van der Waals surface area contributed by atoms with Crippen LogP contribution in [0.4, 0.5) is 0 Å². The summed E-state index contributed by atoms with van der Waals surface area (Å²) >= 11 is 0. The normalized spacial score (nSPS) is 53.1. The summed E-state index contributed by atoms with van der Waals surface area (Å²) in [6.07, 6.45) is -26.9. The highest BCUT2D eigenvalue weighted by Crippen LogP contribution is 2.76. The second-order valence-corrected chi connectivity index (χ2v) is 25.9. The van der Waals surface area contributed by atoms with E-state index in [-0.39, 0.29) is 31.3 Å². The SMILES string of the molecule is CC(C)(O)C=CCC(C)(OC1OC(COC2OCC(O)C(O)C2O)C(O)C(O)C1O)C1CCC2(C)C1C(O)CC1C3(C)CC(O)C(OC4OC(CO)C(OC5OC(CO)C(O)C(O)C5O)C(O)C4O)C(C)(C)C3CCC12C. The first kappa shape index (κ1) is 61.8. The molecule has 0 aromatic carbocycles. The van der Waals surface area contributed by atoms with Crippen LogP contribution in [0, 0.1) is 45.3 Å². The molecule has 8 fully saturated rings. The number of fused-ring (bicyclic) bond motifs is 5. The summed E-state index contributed by atoms with van der Waals surface area (Å²) in [4.78, 5) is 0. The molecule has 0 aromatic heterocycles. The zero-order valence-electron chi connectivity index (χ0n) is 45.4. The van der Waals surface area contributed by atoms with Gasteiger partial charge in [0.1, 0.15) is 91.6 Å². The Labute approximate surface area is 449 Å². The fourth-order valence-electron chi connectivity index (χ4n) is 16.0. The van der Waals surface area contributed by atoms with Crippen molar-refractivity contribution in [2.24, 2.45) is 45.3 Å². The van der Waals surface area contributed by atoms with Crippen LogP contribution < -0.4 is 0 Å². The molecule has 0 spiro atoms. The van der Waals surface area contributed by atoms with E-state index in [4.69, 9.17) is 37.9 Å². The van der Waals surface area contributed by atoms with Crippen molar-refractivity contribution in [1.29, 1.82) is 0 Å². The van der Waals surface area contributed by atoms with Gasteiger partial charge in [-0.05, 0) is 111 Å². The van der Waals surface area contributed by atoms with Crippen molar-refractivity contribution in [3.8, 4) is 0 Å². The number of aliphatic hydroxyl groups is 16. The molecule has 0 bridgehead atoms. The third kappa shape index (κ3) is 11.0. The zero-order valence-corrected chi connectivity index (χ0v) is 45.4. The molecule has 24 heteroatoms. The van der Waals surface area contributed by atoms with Crippen molar-refractivity contribution in [2.45, 2.75) is 247 Å². The Balaban J connectivity index is 0.999. The van der Waals surface area contributed by atoms with Crippen LogP contribution in [0.2, 0.25) is 0 Å². The van der Waals surface area contributed by atoms with Crippen molar-refractivity contribution < 1.29 is 120 Å². The molecular weight excluding hydrogens is 1020 g/mol. The van der Waals surface area contributed by atoms with Crippen molar-refractivity contribution in [3.63, 3.8) is 0 Å². The summed E-state index contributed by atoms with van der Waals surface area (Å²) in [5, 5.41) is 174. The first-order valence-corrected chi connectivity index (χ1v) is 27.4. The fraction of sp³-hybridized carbons (Fsp3) is 0.962. The van der Waals surface area contributed by atoms with Crippen LogP contribution in [0.25, 0.3) is 0 Å². The van der Waals surface area contributed by atoms with Crippen LogP contribution in [0.3, 0.4) is 0 Å². The predicted octanol–water partition coefficient (Wildman–Crippen LogP) is -3.62. The molecular formula is C53H90O24. The van der Waals surface area contributed by atoms with E-state index in [1.54, 1.807) is 26.0 Å². The third-order valence-electron chi connectivity index (χ3n) is 20.3. The maximum absolute atomic E-state index is 12.8. The molecule has 24 nitrogen and oxygen atoms in total. The van der Waals surface area contributed by atoms with Crippen LogP contribution in [-0.4, -0.2) is 254 Å². The second-order valence-electron chi connectivity index (χ2n) is 25.9. The molecule has 0 aromatic rings. The highest BCUT2D eigenvalue weighted by atomic mass is 16.8. The number of hydrogen-bond donors (Lipinski definition) is 16. The standard InChI is InChI=1S/C53H90O24/c1-48(2,69)12-9-13-53(8,77-47-40(67)36(63)34(61)28(74-47)21-71-44-38(65)32(59)25(58)20-70-44)22-10-14-52(7)31(22)23(56)16-30-50(5)17-24(57)43(49(3,4)29(50)11-15-51(30,52)6)76-46-41(68)37(64)42(27(19-55)73-46)75-45-39(66)35(62)33(60)26(18-54)72-45/h9,12,22-47,54-69H,10-11,13-21H2,1-8H3. The summed E-state index contributed by atoms with van der Waals surface area (Å²) in [7, 11) is 0. The van der Waals surface area contributed by atoms with E-state index in [2.05, 4.69) is 20.8 Å². The lowest BCUT2D eigenvalue weighted by Crippen LogP contribution is -2.70. The minimum atomic E-state index is -1.84. The Bertz CT molecular complexity index is 2010. The van der Waals surface area contributed by atoms with E-state index in [1.165, 1.54) is 0 Å². The number of ether oxygens (including phenoxy) is 8. The van der Waals surface area contributed by atoms with Gasteiger partial charge in [0.05, 0.1) is 55.9 Å². The second kappa shape index (κ2) is 22.7. The highest BCUT2D eigenvalue weighted by molar-refractivity contribution is 5.22. The van der Waals surface area contributed by atoms with Gasteiger partial charge in [0.15, 0.2) is 25.2 Å². The molecule has 4 aliphatic heterocycles. The smallest absolute Gasteiger partial charge is 0.187 e. The lowest BCUT2D eigenvalue weighted by Gasteiger charge is -2.71. The van der Waals surface area contributed by atoms with Crippen molar-refractivity contribution >= 4 is 0 Å². The van der Waals surface area contributed by atoms with E-state index in [0.29, 0.717) is 32.1 Å². The van der Waals surface area contributed by atoms with E-state index in [1.807, 2.05) is 20.8 Å². The van der Waals surface area contributed by atoms with Gasteiger partial charge in [-0.3, -0.25) is 0 Å². The minimum Gasteiger partial charge on any atom is -0.394 e. The van der Waals surface area contributed by atoms with E-state index < -0.39 is 200 Å². The first-order chi connectivity index (χ1) is 35.8. The average Bonchev–Trinajstić information content (AvgIpc) is 4.05. The maximum atomic E-state index is 12.8. The van der Waals surface area contributed by atoms with Crippen molar-refractivity contribution in [2.75, 3.05) is 26.4 Å². The largest absolute Gasteiger partial charge is 0.394 e. The average molecular weight is 1110 g/mol. The monoisotopic (exact) mass is 1110 g/mol. The third-order valence-corrected chi connectivity index (χ3v) is 20.3. The Hall–Kier alpha value is -1.22. The molecule has 8 rings (SSSR count). The van der Waals surface area contributed by atoms with Gasteiger partial charge in [-0.15, -0.1) is 0 Å². The summed E-state index contributed by atoms with van der Waals surface area (Å²) in [6.45, 7) is 13.3.